The summed E-state index contributed by atoms with van der Waals surface area (Å²) in [4.78, 5) is 0. The predicted molar refractivity (Wildman–Crippen MR) is 72.7 cm³/mol. The van der Waals surface area contributed by atoms with Crippen molar-refractivity contribution in [2.24, 2.45) is 0 Å². The molecule has 0 aromatic heterocycles. The van der Waals surface area contributed by atoms with E-state index in [1.807, 2.05) is 0 Å². The fraction of sp³-hybridized carbons (Fsp3) is 0.571. The first-order chi connectivity index (χ1) is 7.24. The minimum Gasteiger partial charge on any atom is -0.0872 e. The van der Waals surface area contributed by atoms with Crippen molar-refractivity contribution >= 4 is 13.9 Å². The monoisotopic (exact) mass is 222 g/mol. The molecule has 1 aromatic carbocycles. The zero-order chi connectivity index (χ0) is 11.1. The van der Waals surface area contributed by atoms with Crippen LogP contribution in [0.2, 0.25) is 0 Å². The van der Waals surface area contributed by atoms with Crippen LogP contribution in [-0.4, -0.2) is 5.66 Å². The minimum atomic E-state index is 0.859. The van der Waals surface area contributed by atoms with Crippen LogP contribution in [0.1, 0.15) is 45.1 Å². The summed E-state index contributed by atoms with van der Waals surface area (Å²) in [6, 6.07) is 8.80. The van der Waals surface area contributed by atoms with E-state index in [1.54, 1.807) is 5.30 Å². The van der Waals surface area contributed by atoms with Gasteiger partial charge in [-0.3, -0.25) is 0 Å². The molecule has 15 heavy (non-hydrogen) atoms. The van der Waals surface area contributed by atoms with Crippen molar-refractivity contribution in [2.45, 2.75) is 52.1 Å². The second-order valence-electron chi connectivity index (χ2n) is 4.36. The minimum absolute atomic E-state index is 0.859. The molecule has 0 spiro atoms. The van der Waals surface area contributed by atoms with Gasteiger partial charge < -0.3 is 0 Å². The van der Waals surface area contributed by atoms with Crippen LogP contribution in [0.15, 0.2) is 24.3 Å². The van der Waals surface area contributed by atoms with Gasteiger partial charge in [-0.1, -0.05) is 66.0 Å². The van der Waals surface area contributed by atoms with E-state index in [-0.39, 0.29) is 0 Å². The molecule has 2 atom stereocenters. The van der Waals surface area contributed by atoms with Crippen LogP contribution in [0.25, 0.3) is 0 Å². The smallest absolute Gasteiger partial charge is 0.0225 e. The molecule has 84 valence electrons. The van der Waals surface area contributed by atoms with E-state index in [1.165, 1.54) is 31.2 Å². The van der Waals surface area contributed by atoms with Gasteiger partial charge >= 0.3 is 0 Å². The Morgan fingerprint density at radius 3 is 2.60 bits per heavy atom. The Bertz CT molecular complexity index is 280. The molecule has 1 rings (SSSR count). The maximum absolute atomic E-state index is 2.39. The summed E-state index contributed by atoms with van der Waals surface area (Å²) in [7, 11) is 0.988. The maximum atomic E-state index is 2.39. The fourth-order valence-corrected chi connectivity index (χ4v) is 3.16. The standard InChI is InChI=1S/C14H23P/c1-4-5-6-10-13(3)15-14-11-8-7-9-12(14)2/h7-9,11,13,15H,4-6,10H2,1-3H3. The van der Waals surface area contributed by atoms with Crippen LogP contribution in [0.3, 0.4) is 0 Å². The highest BCUT2D eigenvalue weighted by molar-refractivity contribution is 7.48. The van der Waals surface area contributed by atoms with Crippen molar-refractivity contribution in [2.75, 3.05) is 0 Å². The summed E-state index contributed by atoms with van der Waals surface area (Å²) in [5.41, 5.74) is 2.32. The molecule has 1 aromatic rings. The highest BCUT2D eigenvalue weighted by Crippen LogP contribution is 2.24. The van der Waals surface area contributed by atoms with Crippen molar-refractivity contribution in [3.8, 4) is 0 Å². The first-order valence-corrected chi connectivity index (χ1v) is 7.14. The molecule has 2 unspecified atom stereocenters. The number of unbranched alkanes of at least 4 members (excludes halogenated alkanes) is 2. The Hall–Kier alpha value is -0.350. The van der Waals surface area contributed by atoms with Gasteiger partial charge in [0.15, 0.2) is 0 Å². The largest absolute Gasteiger partial charge is 0.0872 e. The summed E-state index contributed by atoms with van der Waals surface area (Å²) >= 11 is 0. The fourth-order valence-electron chi connectivity index (χ4n) is 1.77. The molecular weight excluding hydrogens is 199 g/mol. The van der Waals surface area contributed by atoms with Crippen LogP contribution in [0, 0.1) is 6.92 Å². The number of aryl methyl sites for hydroxylation is 1. The van der Waals surface area contributed by atoms with Crippen molar-refractivity contribution in [3.05, 3.63) is 29.8 Å². The lowest BCUT2D eigenvalue weighted by atomic mass is 10.2. The van der Waals surface area contributed by atoms with E-state index in [4.69, 9.17) is 0 Å². The van der Waals surface area contributed by atoms with Crippen molar-refractivity contribution in [1.29, 1.82) is 0 Å². The molecule has 0 radical (unpaired) electrons. The molecule has 0 aliphatic carbocycles. The average Bonchev–Trinajstić information content (AvgIpc) is 2.22. The Kier molecular flexibility index (Phi) is 5.95. The normalized spacial score (nSPS) is 13.5. The topological polar surface area (TPSA) is 0 Å². The Balaban J connectivity index is 2.37. The summed E-state index contributed by atoms with van der Waals surface area (Å²) in [6.07, 6.45) is 5.51. The van der Waals surface area contributed by atoms with E-state index in [0.717, 1.165) is 14.2 Å². The van der Waals surface area contributed by atoms with Gasteiger partial charge in [0.1, 0.15) is 0 Å². The molecular formula is C14H23P. The maximum Gasteiger partial charge on any atom is -0.0225 e. The van der Waals surface area contributed by atoms with Crippen molar-refractivity contribution < 1.29 is 0 Å². The van der Waals surface area contributed by atoms with Gasteiger partial charge in [-0.2, -0.15) is 0 Å². The molecule has 0 amide bonds. The zero-order valence-electron chi connectivity index (χ0n) is 10.2. The van der Waals surface area contributed by atoms with Gasteiger partial charge in [0.05, 0.1) is 0 Å². The average molecular weight is 222 g/mol. The number of rotatable bonds is 6. The lowest BCUT2D eigenvalue weighted by Crippen LogP contribution is -2.05. The van der Waals surface area contributed by atoms with E-state index in [9.17, 15) is 0 Å². The molecule has 1 heteroatoms. The highest BCUT2D eigenvalue weighted by atomic mass is 31.1. The highest BCUT2D eigenvalue weighted by Gasteiger charge is 2.04. The van der Waals surface area contributed by atoms with Crippen LogP contribution in [-0.2, 0) is 0 Å². The third-order valence-electron chi connectivity index (χ3n) is 2.79. The molecule has 0 aliphatic heterocycles. The molecule has 0 nitrogen and oxygen atoms in total. The van der Waals surface area contributed by atoms with E-state index >= 15 is 0 Å². The zero-order valence-corrected chi connectivity index (χ0v) is 11.2. The van der Waals surface area contributed by atoms with E-state index < -0.39 is 0 Å². The van der Waals surface area contributed by atoms with Crippen LogP contribution in [0.5, 0.6) is 0 Å². The van der Waals surface area contributed by atoms with Gasteiger partial charge in [0, 0.05) is 0 Å². The molecule has 0 heterocycles. The summed E-state index contributed by atoms with van der Waals surface area (Å²) in [6.45, 7) is 6.88. The third kappa shape index (κ3) is 4.80. The number of hydrogen-bond donors (Lipinski definition) is 0. The van der Waals surface area contributed by atoms with Crippen LogP contribution < -0.4 is 5.30 Å². The second kappa shape index (κ2) is 7.01. The Morgan fingerprint density at radius 1 is 1.20 bits per heavy atom. The van der Waals surface area contributed by atoms with Crippen LogP contribution in [0.4, 0.5) is 0 Å². The van der Waals surface area contributed by atoms with E-state index in [2.05, 4.69) is 45.0 Å². The van der Waals surface area contributed by atoms with Gasteiger partial charge in [-0.25, -0.2) is 0 Å². The second-order valence-corrected chi connectivity index (χ2v) is 6.17. The molecule has 0 aliphatic rings. The molecule has 0 saturated heterocycles. The van der Waals surface area contributed by atoms with Gasteiger partial charge in [0.25, 0.3) is 0 Å². The van der Waals surface area contributed by atoms with Crippen LogP contribution >= 0.6 is 8.58 Å². The SMILES string of the molecule is CCCCCC(C)Pc1ccccc1C. The Labute approximate surface area is 96.3 Å². The summed E-state index contributed by atoms with van der Waals surface area (Å²) in [5.74, 6) is 0. The molecule has 0 N–H and O–H groups in total. The third-order valence-corrected chi connectivity index (χ3v) is 4.44. The first-order valence-electron chi connectivity index (χ1n) is 6.06. The lowest BCUT2D eigenvalue weighted by molar-refractivity contribution is 0.663. The van der Waals surface area contributed by atoms with Gasteiger partial charge in [0.2, 0.25) is 0 Å². The molecule has 0 fully saturated rings. The van der Waals surface area contributed by atoms with Crippen molar-refractivity contribution in [1.82, 2.24) is 0 Å². The van der Waals surface area contributed by atoms with Crippen molar-refractivity contribution in [3.63, 3.8) is 0 Å². The molecule has 0 saturated carbocycles. The van der Waals surface area contributed by atoms with Gasteiger partial charge in [-0.15, -0.1) is 0 Å². The number of benzene rings is 1. The summed E-state index contributed by atoms with van der Waals surface area (Å²) < 4.78 is 0. The summed E-state index contributed by atoms with van der Waals surface area (Å²) in [5, 5.41) is 1.56. The Morgan fingerprint density at radius 2 is 1.93 bits per heavy atom. The van der Waals surface area contributed by atoms with E-state index in [0.29, 0.717) is 0 Å². The lowest BCUT2D eigenvalue weighted by Gasteiger charge is -2.13. The van der Waals surface area contributed by atoms with Gasteiger partial charge in [-0.05, 0) is 29.9 Å². The number of hydrogen-bond acceptors (Lipinski definition) is 0. The predicted octanol–water partition coefficient (Wildman–Crippen LogP) is 4.27. The first kappa shape index (κ1) is 12.7. The molecule has 0 bridgehead atoms. The quantitative estimate of drug-likeness (QED) is 0.498.